The monoisotopic (exact) mass is 700 g/mol. The second kappa shape index (κ2) is 15.2. The van der Waals surface area contributed by atoms with E-state index < -0.39 is 23.4 Å². The van der Waals surface area contributed by atoms with E-state index in [1.165, 1.54) is 18.2 Å². The number of fused-ring (bicyclic) bond motifs is 1. The number of anilines is 1. The van der Waals surface area contributed by atoms with Crippen molar-refractivity contribution in [3.63, 3.8) is 0 Å². The Bertz CT molecular complexity index is 1890. The van der Waals surface area contributed by atoms with Gasteiger partial charge >= 0.3 is 6.18 Å². The first kappa shape index (κ1) is 36.0. The van der Waals surface area contributed by atoms with Crippen molar-refractivity contribution in [2.24, 2.45) is 0 Å². The molecule has 1 saturated heterocycles. The van der Waals surface area contributed by atoms with Gasteiger partial charge in [0.15, 0.2) is 11.6 Å². The molecule has 3 heterocycles. The minimum atomic E-state index is -4.40. The van der Waals surface area contributed by atoms with Gasteiger partial charge in [-0.2, -0.15) is 13.2 Å². The number of halogens is 5. The molecule has 2 aliphatic heterocycles. The summed E-state index contributed by atoms with van der Waals surface area (Å²) in [6.45, 7) is 10.6. The Morgan fingerprint density at radius 1 is 0.922 bits per heavy atom. The second-order valence-electron chi connectivity index (χ2n) is 13.5. The van der Waals surface area contributed by atoms with Gasteiger partial charge in [0.25, 0.3) is 0 Å². The fourth-order valence-corrected chi connectivity index (χ4v) is 6.96. The number of nitrogens with zero attached hydrogens (tertiary/aromatic N) is 4. The van der Waals surface area contributed by atoms with E-state index in [1.54, 1.807) is 12.3 Å². The van der Waals surface area contributed by atoms with Gasteiger partial charge in [0.2, 0.25) is 5.91 Å². The Kier molecular flexibility index (Phi) is 10.7. The Labute approximate surface area is 295 Å². The molecular weight excluding hydrogens is 659 g/mol. The molecule has 266 valence electrons. The Balaban J connectivity index is 1.26. The third-order valence-corrected chi connectivity index (χ3v) is 9.89. The third-order valence-electron chi connectivity index (χ3n) is 9.89. The van der Waals surface area contributed by atoms with Crippen LogP contribution in [0.25, 0.3) is 16.7 Å². The van der Waals surface area contributed by atoms with Gasteiger partial charge in [-0.25, -0.2) is 13.8 Å². The lowest BCUT2D eigenvalue weighted by atomic mass is 9.97. The first-order valence-electron chi connectivity index (χ1n) is 17.2. The highest BCUT2D eigenvalue weighted by Gasteiger charge is 2.33. The number of hydrogen-bond acceptors (Lipinski definition) is 4. The van der Waals surface area contributed by atoms with Gasteiger partial charge in [-0.1, -0.05) is 55.1 Å². The standard InChI is InChI=1S/C41H41F5N4O/c1-27(2)48-22-19-34(20-23-48)49(25-29-9-11-30(12-10-29)31-13-16-33(17-14-31)41(44,45)46)38(51)26-50-35(18-15-32-6-4-8-37(42)39(32)43)24-28(3)36-7-5-21-47-40(36)50/h4-14,16-17,21,24,27,34H,3,15,18-20,22-23,25-26H2,1-2H3. The molecule has 3 aromatic carbocycles. The van der Waals surface area contributed by atoms with Crippen molar-refractivity contribution in [3.8, 4) is 11.1 Å². The minimum absolute atomic E-state index is 0.0111. The molecule has 6 rings (SSSR count). The summed E-state index contributed by atoms with van der Waals surface area (Å²) in [5.41, 5.74) is 4.14. The van der Waals surface area contributed by atoms with E-state index in [-0.39, 0.29) is 30.5 Å². The molecule has 1 amide bonds. The smallest absolute Gasteiger partial charge is 0.334 e. The van der Waals surface area contributed by atoms with Crippen molar-refractivity contribution in [3.05, 3.63) is 137 Å². The minimum Gasteiger partial charge on any atom is -0.334 e. The summed E-state index contributed by atoms with van der Waals surface area (Å²) in [7, 11) is 0. The van der Waals surface area contributed by atoms with E-state index in [0.29, 0.717) is 30.4 Å². The third kappa shape index (κ3) is 8.22. The number of carbonyl (C=O) groups excluding carboxylic acids is 1. The molecule has 0 bridgehead atoms. The van der Waals surface area contributed by atoms with Gasteiger partial charge in [-0.05, 0) is 104 Å². The second-order valence-corrected chi connectivity index (χ2v) is 13.5. The number of hydrogen-bond donors (Lipinski definition) is 0. The Morgan fingerprint density at radius 2 is 1.59 bits per heavy atom. The number of benzene rings is 3. The number of allylic oxidation sites excluding steroid dienone is 3. The number of aromatic nitrogens is 1. The van der Waals surface area contributed by atoms with E-state index in [4.69, 9.17) is 0 Å². The highest BCUT2D eigenvalue weighted by Crippen LogP contribution is 2.36. The maximum Gasteiger partial charge on any atom is 0.416 e. The van der Waals surface area contributed by atoms with E-state index in [9.17, 15) is 26.7 Å². The summed E-state index contributed by atoms with van der Waals surface area (Å²) in [5.74, 6) is -1.29. The SMILES string of the molecule is C=C1C=C(CCc2cccc(F)c2F)N(CC(=O)N(Cc2ccc(-c3ccc(C(F)(F)F)cc3)cc2)C2CCN(C(C)C)CC2)c2ncccc21. The number of rotatable bonds is 10. The molecule has 0 radical (unpaired) electrons. The number of aryl methyl sites for hydroxylation is 1. The van der Waals surface area contributed by atoms with Crippen molar-refractivity contribution in [2.45, 2.75) is 64.3 Å². The topological polar surface area (TPSA) is 39.7 Å². The Hall–Kier alpha value is -4.83. The van der Waals surface area contributed by atoms with Crippen LogP contribution in [0.1, 0.15) is 55.4 Å². The van der Waals surface area contributed by atoms with Gasteiger partial charge in [0.05, 0.1) is 5.56 Å². The van der Waals surface area contributed by atoms with Crippen LogP contribution in [0.2, 0.25) is 0 Å². The van der Waals surface area contributed by atoms with Crippen LogP contribution in [-0.4, -0.2) is 52.4 Å². The lowest BCUT2D eigenvalue weighted by Crippen LogP contribution is -2.51. The van der Waals surface area contributed by atoms with E-state index in [2.05, 4.69) is 30.3 Å². The molecule has 0 aliphatic carbocycles. The molecule has 10 heteroatoms. The van der Waals surface area contributed by atoms with E-state index >= 15 is 0 Å². The highest BCUT2D eigenvalue weighted by molar-refractivity contribution is 5.89. The number of pyridine rings is 1. The predicted molar refractivity (Wildman–Crippen MR) is 191 cm³/mol. The van der Waals surface area contributed by atoms with Crippen LogP contribution < -0.4 is 4.90 Å². The number of carbonyl (C=O) groups is 1. The molecule has 1 fully saturated rings. The molecule has 0 spiro atoms. The molecule has 0 unspecified atom stereocenters. The summed E-state index contributed by atoms with van der Waals surface area (Å²) in [4.78, 5) is 25.4. The molecule has 0 saturated carbocycles. The lowest BCUT2D eigenvalue weighted by Gasteiger charge is -2.41. The van der Waals surface area contributed by atoms with Crippen LogP contribution in [0.5, 0.6) is 0 Å². The fraction of sp³-hybridized carbons (Fsp3) is 0.317. The van der Waals surface area contributed by atoms with Crippen LogP contribution in [-0.2, 0) is 23.9 Å². The van der Waals surface area contributed by atoms with Crippen LogP contribution in [0, 0.1) is 11.6 Å². The first-order chi connectivity index (χ1) is 24.4. The van der Waals surface area contributed by atoms with Crippen molar-refractivity contribution in [2.75, 3.05) is 24.5 Å². The van der Waals surface area contributed by atoms with Crippen LogP contribution in [0.4, 0.5) is 27.8 Å². The summed E-state index contributed by atoms with van der Waals surface area (Å²) in [6.07, 6.45) is 1.32. The molecular formula is C41H41F5N4O. The zero-order valence-electron chi connectivity index (χ0n) is 28.8. The summed E-state index contributed by atoms with van der Waals surface area (Å²) < 4.78 is 67.9. The van der Waals surface area contributed by atoms with Crippen LogP contribution in [0.15, 0.2) is 103 Å². The quantitative estimate of drug-likeness (QED) is 0.155. The average molecular weight is 701 g/mol. The molecule has 5 nitrogen and oxygen atoms in total. The van der Waals surface area contributed by atoms with Gasteiger partial charge in [0.1, 0.15) is 12.4 Å². The van der Waals surface area contributed by atoms with Crippen LogP contribution in [0.3, 0.4) is 0 Å². The van der Waals surface area contributed by atoms with Crippen molar-refractivity contribution < 1.29 is 26.7 Å². The first-order valence-corrected chi connectivity index (χ1v) is 17.2. The van der Waals surface area contributed by atoms with Crippen molar-refractivity contribution >= 4 is 17.3 Å². The van der Waals surface area contributed by atoms with Crippen molar-refractivity contribution in [1.82, 2.24) is 14.8 Å². The maximum atomic E-state index is 14.6. The molecule has 4 aromatic rings. The highest BCUT2D eigenvalue weighted by atomic mass is 19.4. The number of piperidine rings is 1. The Morgan fingerprint density at radius 3 is 2.24 bits per heavy atom. The largest absolute Gasteiger partial charge is 0.416 e. The fourth-order valence-electron chi connectivity index (χ4n) is 6.96. The molecule has 1 aromatic heterocycles. The normalized spacial score (nSPS) is 15.6. The molecule has 0 N–H and O–H groups in total. The summed E-state index contributed by atoms with van der Waals surface area (Å²) in [5, 5.41) is 0. The number of alkyl halides is 3. The number of likely N-dealkylation sites (tertiary alicyclic amines) is 1. The van der Waals surface area contributed by atoms with Crippen LogP contribution >= 0.6 is 0 Å². The lowest BCUT2D eigenvalue weighted by molar-refractivity contribution is -0.137. The zero-order chi connectivity index (χ0) is 36.3. The molecule has 0 atom stereocenters. The van der Waals surface area contributed by atoms with Gasteiger partial charge in [-0.15, -0.1) is 0 Å². The zero-order valence-corrected chi connectivity index (χ0v) is 28.8. The summed E-state index contributed by atoms with van der Waals surface area (Å²) >= 11 is 0. The average Bonchev–Trinajstić information content (AvgIpc) is 3.12. The maximum absolute atomic E-state index is 14.6. The molecule has 2 aliphatic rings. The predicted octanol–water partition coefficient (Wildman–Crippen LogP) is 9.30. The van der Waals surface area contributed by atoms with Gasteiger partial charge < -0.3 is 14.7 Å². The van der Waals surface area contributed by atoms with Gasteiger partial charge in [-0.3, -0.25) is 4.79 Å². The van der Waals surface area contributed by atoms with Gasteiger partial charge in [0, 0.05) is 49.2 Å². The number of amides is 1. The van der Waals surface area contributed by atoms with E-state index in [0.717, 1.165) is 72.1 Å². The molecule has 51 heavy (non-hydrogen) atoms. The van der Waals surface area contributed by atoms with E-state index in [1.807, 2.05) is 52.3 Å². The van der Waals surface area contributed by atoms with Crippen molar-refractivity contribution in [1.29, 1.82) is 0 Å². The summed E-state index contributed by atoms with van der Waals surface area (Å²) in [6, 6.07) is 20.9.